The number of benzene rings is 2. The maximum atomic E-state index is 13.1. The molecule has 0 radical (unpaired) electrons. The van der Waals surface area contributed by atoms with Gasteiger partial charge in [0, 0.05) is 11.4 Å². The number of rotatable bonds is 3. The van der Waals surface area contributed by atoms with E-state index in [1.807, 2.05) is 0 Å². The molecule has 1 nitrogen and oxygen atoms in total. The van der Waals surface area contributed by atoms with Crippen LogP contribution in [0.3, 0.4) is 0 Å². The van der Waals surface area contributed by atoms with E-state index in [1.165, 1.54) is 30.3 Å². The Morgan fingerprint density at radius 3 is 2.24 bits per heavy atom. The highest BCUT2D eigenvalue weighted by atomic mass is 35.5. The Hall–Kier alpha value is -1.59. The minimum Gasteiger partial charge on any atom is -0.388 e. The van der Waals surface area contributed by atoms with E-state index in [0.717, 1.165) is 12.1 Å². The predicted molar refractivity (Wildman–Crippen MR) is 71.5 cm³/mol. The molecule has 2 rings (SSSR count). The van der Waals surface area contributed by atoms with Crippen LogP contribution in [0.4, 0.5) is 17.6 Å². The molecule has 1 unspecified atom stereocenters. The smallest absolute Gasteiger partial charge is 0.388 e. The maximum absolute atomic E-state index is 13.1. The van der Waals surface area contributed by atoms with Gasteiger partial charge in [-0.3, -0.25) is 0 Å². The average molecular weight is 319 g/mol. The van der Waals surface area contributed by atoms with Crippen molar-refractivity contribution in [1.29, 1.82) is 0 Å². The van der Waals surface area contributed by atoms with Crippen molar-refractivity contribution in [2.24, 2.45) is 0 Å². The molecule has 0 spiro atoms. The molecule has 0 amide bonds. The average Bonchev–Trinajstić information content (AvgIpc) is 2.42. The summed E-state index contributed by atoms with van der Waals surface area (Å²) in [6.45, 7) is 0. The molecule has 0 heterocycles. The van der Waals surface area contributed by atoms with Crippen LogP contribution in [0.1, 0.15) is 22.8 Å². The largest absolute Gasteiger partial charge is 0.416 e. The Balaban J connectivity index is 2.17. The molecule has 1 N–H and O–H groups in total. The summed E-state index contributed by atoms with van der Waals surface area (Å²) in [5.41, 5.74) is -0.0883. The van der Waals surface area contributed by atoms with E-state index in [9.17, 15) is 22.7 Å². The van der Waals surface area contributed by atoms with E-state index < -0.39 is 23.7 Å². The van der Waals surface area contributed by atoms with Crippen molar-refractivity contribution < 1.29 is 22.7 Å². The number of hydrogen-bond acceptors (Lipinski definition) is 1. The molecule has 112 valence electrons. The van der Waals surface area contributed by atoms with Gasteiger partial charge in [0.2, 0.25) is 0 Å². The molecular formula is C15H11ClF4O. The Bertz CT molecular complexity index is 623. The number of aliphatic hydroxyl groups excluding tert-OH is 1. The first-order chi connectivity index (χ1) is 9.77. The van der Waals surface area contributed by atoms with Crippen molar-refractivity contribution >= 4 is 11.6 Å². The van der Waals surface area contributed by atoms with Gasteiger partial charge in [-0.15, -0.1) is 0 Å². The molecule has 0 aromatic heterocycles. The Kier molecular flexibility index (Phi) is 4.54. The van der Waals surface area contributed by atoms with Gasteiger partial charge in [0.05, 0.1) is 11.7 Å². The van der Waals surface area contributed by atoms with Crippen molar-refractivity contribution in [3.8, 4) is 0 Å². The summed E-state index contributed by atoms with van der Waals surface area (Å²) in [5, 5.41) is 10.3. The summed E-state index contributed by atoms with van der Waals surface area (Å²) in [6, 6.07) is 7.93. The van der Waals surface area contributed by atoms with Gasteiger partial charge in [-0.05, 0) is 41.5 Å². The first-order valence-corrected chi connectivity index (χ1v) is 6.44. The van der Waals surface area contributed by atoms with Gasteiger partial charge in [-0.1, -0.05) is 23.7 Å². The molecule has 0 aliphatic rings. The Labute approximate surface area is 123 Å². The summed E-state index contributed by atoms with van der Waals surface area (Å²) < 4.78 is 50.4. The fraction of sp³-hybridized carbons (Fsp3) is 0.200. The second kappa shape index (κ2) is 6.03. The van der Waals surface area contributed by atoms with Gasteiger partial charge >= 0.3 is 6.18 Å². The summed E-state index contributed by atoms with van der Waals surface area (Å²) in [4.78, 5) is 0. The summed E-state index contributed by atoms with van der Waals surface area (Å²) in [5.74, 6) is -0.492. The SMILES string of the molecule is OC(Cc1cc(F)ccc1Cl)c1ccc(C(F)(F)F)cc1. The fourth-order valence-corrected chi connectivity index (χ4v) is 2.11. The molecule has 0 aliphatic carbocycles. The molecule has 0 saturated carbocycles. The minimum atomic E-state index is -4.42. The molecule has 6 heteroatoms. The monoisotopic (exact) mass is 318 g/mol. The van der Waals surface area contributed by atoms with E-state index in [0.29, 0.717) is 16.1 Å². The van der Waals surface area contributed by atoms with Gasteiger partial charge < -0.3 is 5.11 Å². The number of alkyl halides is 3. The van der Waals surface area contributed by atoms with Crippen molar-refractivity contribution in [2.75, 3.05) is 0 Å². The summed E-state index contributed by atoms with van der Waals surface area (Å²) in [7, 11) is 0. The van der Waals surface area contributed by atoms with E-state index >= 15 is 0 Å². The first-order valence-electron chi connectivity index (χ1n) is 6.06. The quantitative estimate of drug-likeness (QED) is 0.808. The normalized spacial score (nSPS) is 13.2. The Morgan fingerprint density at radius 2 is 1.67 bits per heavy atom. The lowest BCUT2D eigenvalue weighted by Gasteiger charge is -2.14. The van der Waals surface area contributed by atoms with Crippen LogP contribution in [0.5, 0.6) is 0 Å². The second-order valence-electron chi connectivity index (χ2n) is 4.58. The van der Waals surface area contributed by atoms with Crippen molar-refractivity contribution in [3.05, 3.63) is 70.0 Å². The summed E-state index contributed by atoms with van der Waals surface area (Å²) >= 11 is 5.89. The zero-order valence-electron chi connectivity index (χ0n) is 10.7. The highest BCUT2D eigenvalue weighted by Crippen LogP contribution is 2.31. The van der Waals surface area contributed by atoms with Gasteiger partial charge in [0.15, 0.2) is 0 Å². The van der Waals surface area contributed by atoms with Gasteiger partial charge in [0.25, 0.3) is 0 Å². The number of hydrogen-bond donors (Lipinski definition) is 1. The van der Waals surface area contributed by atoms with E-state index in [-0.39, 0.29) is 6.42 Å². The molecule has 21 heavy (non-hydrogen) atoms. The zero-order chi connectivity index (χ0) is 15.6. The maximum Gasteiger partial charge on any atom is 0.416 e. The van der Waals surface area contributed by atoms with E-state index in [1.54, 1.807) is 0 Å². The van der Waals surface area contributed by atoms with Crippen molar-refractivity contribution in [2.45, 2.75) is 18.7 Å². The summed E-state index contributed by atoms with van der Waals surface area (Å²) in [6.07, 6.45) is -5.47. The highest BCUT2D eigenvalue weighted by Gasteiger charge is 2.30. The molecule has 2 aromatic carbocycles. The second-order valence-corrected chi connectivity index (χ2v) is 4.98. The Morgan fingerprint density at radius 1 is 1.05 bits per heavy atom. The van der Waals surface area contributed by atoms with E-state index in [2.05, 4.69) is 0 Å². The lowest BCUT2D eigenvalue weighted by Crippen LogP contribution is -2.07. The zero-order valence-corrected chi connectivity index (χ0v) is 11.4. The van der Waals surface area contributed by atoms with Crippen molar-refractivity contribution in [1.82, 2.24) is 0 Å². The van der Waals surface area contributed by atoms with Crippen LogP contribution in [-0.2, 0) is 12.6 Å². The van der Waals surface area contributed by atoms with Crippen LogP contribution in [0.2, 0.25) is 5.02 Å². The van der Waals surface area contributed by atoms with Gasteiger partial charge in [0.1, 0.15) is 5.82 Å². The van der Waals surface area contributed by atoms with Crippen LogP contribution in [-0.4, -0.2) is 5.11 Å². The predicted octanol–water partition coefficient (Wildman–Crippen LogP) is 4.77. The molecule has 0 fully saturated rings. The lowest BCUT2D eigenvalue weighted by molar-refractivity contribution is -0.137. The highest BCUT2D eigenvalue weighted by molar-refractivity contribution is 6.31. The minimum absolute atomic E-state index is 0.0158. The van der Waals surface area contributed by atoms with Crippen molar-refractivity contribution in [3.63, 3.8) is 0 Å². The van der Waals surface area contributed by atoms with Crippen LogP contribution in [0.15, 0.2) is 42.5 Å². The molecular weight excluding hydrogens is 308 g/mol. The number of aliphatic hydroxyl groups is 1. The molecule has 2 aromatic rings. The van der Waals surface area contributed by atoms with Crippen LogP contribution < -0.4 is 0 Å². The molecule has 0 bridgehead atoms. The van der Waals surface area contributed by atoms with Crippen LogP contribution >= 0.6 is 11.6 Å². The standard InChI is InChI=1S/C15H11ClF4O/c16-13-6-5-12(17)7-10(13)8-14(21)9-1-3-11(4-2-9)15(18,19)20/h1-7,14,21H,8H2. The number of halogens is 5. The van der Waals surface area contributed by atoms with Crippen LogP contribution in [0, 0.1) is 5.82 Å². The topological polar surface area (TPSA) is 20.2 Å². The molecule has 0 saturated heterocycles. The lowest BCUT2D eigenvalue weighted by atomic mass is 10.00. The molecule has 1 atom stereocenters. The third kappa shape index (κ3) is 3.95. The fourth-order valence-electron chi connectivity index (χ4n) is 1.92. The van der Waals surface area contributed by atoms with Gasteiger partial charge in [-0.2, -0.15) is 13.2 Å². The van der Waals surface area contributed by atoms with Crippen LogP contribution in [0.25, 0.3) is 0 Å². The third-order valence-corrected chi connectivity index (χ3v) is 3.41. The molecule has 0 aliphatic heterocycles. The third-order valence-electron chi connectivity index (χ3n) is 3.04. The van der Waals surface area contributed by atoms with Gasteiger partial charge in [-0.25, -0.2) is 4.39 Å². The first kappa shape index (κ1) is 15.8. The van der Waals surface area contributed by atoms with E-state index in [4.69, 9.17) is 11.6 Å².